The Morgan fingerprint density at radius 2 is 2.31 bits per heavy atom. The maximum Gasteiger partial charge on any atom is 0.302 e. The smallest absolute Gasteiger partial charge is 0.302 e. The van der Waals surface area contributed by atoms with E-state index in [1.165, 1.54) is 6.92 Å². The third-order valence-electron chi connectivity index (χ3n) is 1.81. The lowest BCUT2D eigenvalue weighted by molar-refractivity contribution is -0.278. The van der Waals surface area contributed by atoms with E-state index < -0.39 is 5.79 Å². The highest BCUT2D eigenvalue weighted by atomic mass is 16.7. The molecule has 0 radical (unpaired) electrons. The summed E-state index contributed by atoms with van der Waals surface area (Å²) in [7, 11) is 0. The van der Waals surface area contributed by atoms with Crippen molar-refractivity contribution in [2.75, 3.05) is 13.2 Å². The van der Waals surface area contributed by atoms with Crippen molar-refractivity contribution in [3.05, 3.63) is 0 Å². The molecule has 1 saturated heterocycles. The molecule has 1 heterocycles. The van der Waals surface area contributed by atoms with Gasteiger partial charge in [0.2, 0.25) is 0 Å². The summed E-state index contributed by atoms with van der Waals surface area (Å²) in [6.07, 6.45) is 0.740. The first-order valence-corrected chi connectivity index (χ1v) is 4.45. The minimum absolute atomic E-state index is 0.0346. The first kappa shape index (κ1) is 10.5. The molecule has 0 aromatic carbocycles. The zero-order chi connectivity index (χ0) is 9.90. The van der Waals surface area contributed by atoms with Gasteiger partial charge in [0.25, 0.3) is 0 Å². The van der Waals surface area contributed by atoms with E-state index in [2.05, 4.69) is 0 Å². The molecule has 1 aliphatic rings. The number of ether oxygens (including phenoxy) is 3. The Balaban J connectivity index is 2.30. The quantitative estimate of drug-likeness (QED) is 0.608. The van der Waals surface area contributed by atoms with E-state index in [4.69, 9.17) is 14.2 Å². The van der Waals surface area contributed by atoms with Crippen LogP contribution < -0.4 is 0 Å². The van der Waals surface area contributed by atoms with Crippen LogP contribution >= 0.6 is 0 Å². The van der Waals surface area contributed by atoms with Gasteiger partial charge in [0.15, 0.2) is 5.79 Å². The minimum atomic E-state index is -0.553. The molecule has 13 heavy (non-hydrogen) atoms. The Bertz CT molecular complexity index is 188. The van der Waals surface area contributed by atoms with Gasteiger partial charge in [-0.25, -0.2) is 0 Å². The van der Waals surface area contributed by atoms with Crippen molar-refractivity contribution in [3.8, 4) is 0 Å². The second-order valence-corrected chi connectivity index (χ2v) is 3.58. The standard InChI is InChI=1S/C9H16O4/c1-7(10)11-6-8-4-5-12-9(2,3)13-8/h8H,4-6H2,1-3H3/t8-/m0/s1. The predicted molar refractivity (Wildman–Crippen MR) is 46.2 cm³/mol. The van der Waals surface area contributed by atoms with Crippen LogP contribution in [0.2, 0.25) is 0 Å². The van der Waals surface area contributed by atoms with E-state index in [1.54, 1.807) is 0 Å². The highest BCUT2D eigenvalue weighted by Crippen LogP contribution is 2.21. The highest BCUT2D eigenvalue weighted by molar-refractivity contribution is 5.65. The van der Waals surface area contributed by atoms with Gasteiger partial charge in [-0.2, -0.15) is 0 Å². The van der Waals surface area contributed by atoms with Gasteiger partial charge in [0.05, 0.1) is 12.7 Å². The first-order chi connectivity index (χ1) is 5.99. The Labute approximate surface area is 78.2 Å². The molecule has 1 fully saturated rings. The van der Waals surface area contributed by atoms with Crippen LogP contribution in [0, 0.1) is 0 Å². The molecule has 4 nitrogen and oxygen atoms in total. The number of esters is 1. The molecule has 0 spiro atoms. The van der Waals surface area contributed by atoms with Gasteiger partial charge in [-0.3, -0.25) is 4.79 Å². The van der Waals surface area contributed by atoms with Crippen LogP contribution in [0.3, 0.4) is 0 Å². The van der Waals surface area contributed by atoms with Crippen molar-refractivity contribution >= 4 is 5.97 Å². The Hall–Kier alpha value is -0.610. The number of carbonyl (C=O) groups is 1. The van der Waals surface area contributed by atoms with Crippen LogP contribution in [0.1, 0.15) is 27.2 Å². The fourth-order valence-corrected chi connectivity index (χ4v) is 1.26. The zero-order valence-corrected chi connectivity index (χ0v) is 8.33. The van der Waals surface area contributed by atoms with E-state index in [1.807, 2.05) is 13.8 Å². The van der Waals surface area contributed by atoms with Gasteiger partial charge in [-0.05, 0) is 13.8 Å². The third-order valence-corrected chi connectivity index (χ3v) is 1.81. The lowest BCUT2D eigenvalue weighted by Crippen LogP contribution is -2.41. The number of rotatable bonds is 2. The molecule has 1 aliphatic heterocycles. The minimum Gasteiger partial charge on any atom is -0.463 e. The van der Waals surface area contributed by atoms with Crippen LogP contribution in [0.5, 0.6) is 0 Å². The van der Waals surface area contributed by atoms with Gasteiger partial charge in [-0.15, -0.1) is 0 Å². The maximum atomic E-state index is 10.5. The average molecular weight is 188 g/mol. The molecule has 0 aromatic heterocycles. The van der Waals surface area contributed by atoms with Crippen LogP contribution in [0.4, 0.5) is 0 Å². The average Bonchev–Trinajstić information content (AvgIpc) is 1.99. The van der Waals surface area contributed by atoms with Gasteiger partial charge >= 0.3 is 5.97 Å². The Morgan fingerprint density at radius 3 is 2.85 bits per heavy atom. The van der Waals surface area contributed by atoms with E-state index >= 15 is 0 Å². The van der Waals surface area contributed by atoms with Gasteiger partial charge in [-0.1, -0.05) is 0 Å². The van der Waals surface area contributed by atoms with E-state index in [-0.39, 0.29) is 12.1 Å². The van der Waals surface area contributed by atoms with E-state index in [9.17, 15) is 4.79 Å². The summed E-state index contributed by atoms with van der Waals surface area (Å²) in [4.78, 5) is 10.5. The van der Waals surface area contributed by atoms with Gasteiger partial charge in [0, 0.05) is 13.3 Å². The number of hydrogen-bond acceptors (Lipinski definition) is 4. The molecule has 0 bridgehead atoms. The lowest BCUT2D eigenvalue weighted by atomic mass is 10.2. The first-order valence-electron chi connectivity index (χ1n) is 4.45. The van der Waals surface area contributed by atoms with Crippen molar-refractivity contribution in [1.29, 1.82) is 0 Å². The molecule has 4 heteroatoms. The summed E-state index contributed by atoms with van der Waals surface area (Å²) in [6.45, 7) is 6.07. The van der Waals surface area contributed by atoms with E-state index in [0.29, 0.717) is 13.2 Å². The summed E-state index contributed by atoms with van der Waals surface area (Å²) >= 11 is 0. The molecular weight excluding hydrogens is 172 g/mol. The summed E-state index contributed by atoms with van der Waals surface area (Å²) in [5.74, 6) is -0.823. The van der Waals surface area contributed by atoms with Crippen molar-refractivity contribution in [1.82, 2.24) is 0 Å². The molecule has 76 valence electrons. The normalized spacial score (nSPS) is 26.8. The number of carbonyl (C=O) groups excluding carboxylic acids is 1. The lowest BCUT2D eigenvalue weighted by Gasteiger charge is -2.35. The molecule has 1 rings (SSSR count). The Morgan fingerprint density at radius 1 is 1.62 bits per heavy atom. The number of hydrogen-bond donors (Lipinski definition) is 0. The summed E-state index contributed by atoms with van der Waals surface area (Å²) in [5.41, 5.74) is 0. The zero-order valence-electron chi connectivity index (χ0n) is 8.33. The van der Waals surface area contributed by atoms with Crippen molar-refractivity contribution in [2.45, 2.75) is 39.1 Å². The van der Waals surface area contributed by atoms with Crippen molar-refractivity contribution < 1.29 is 19.0 Å². The molecule has 1 atom stereocenters. The Kier molecular flexibility index (Phi) is 3.27. The third kappa shape index (κ3) is 3.74. The van der Waals surface area contributed by atoms with Crippen LogP contribution in [-0.2, 0) is 19.0 Å². The van der Waals surface area contributed by atoms with Crippen LogP contribution in [0.15, 0.2) is 0 Å². The predicted octanol–water partition coefficient (Wildman–Crippen LogP) is 1.09. The second kappa shape index (κ2) is 4.07. The molecule has 0 saturated carbocycles. The van der Waals surface area contributed by atoms with Crippen molar-refractivity contribution in [2.24, 2.45) is 0 Å². The largest absolute Gasteiger partial charge is 0.463 e. The molecule has 0 N–H and O–H groups in total. The monoisotopic (exact) mass is 188 g/mol. The van der Waals surface area contributed by atoms with Gasteiger partial charge < -0.3 is 14.2 Å². The SMILES string of the molecule is CC(=O)OC[C@@H]1CCOC(C)(C)O1. The van der Waals surface area contributed by atoms with Gasteiger partial charge in [0.1, 0.15) is 6.61 Å². The summed E-state index contributed by atoms with van der Waals surface area (Å²) in [5, 5.41) is 0. The molecule has 0 amide bonds. The summed E-state index contributed by atoms with van der Waals surface area (Å²) in [6, 6.07) is 0. The summed E-state index contributed by atoms with van der Waals surface area (Å²) < 4.78 is 15.7. The van der Waals surface area contributed by atoms with Crippen molar-refractivity contribution in [3.63, 3.8) is 0 Å². The molecule has 0 aliphatic carbocycles. The van der Waals surface area contributed by atoms with Crippen LogP contribution in [-0.4, -0.2) is 31.1 Å². The topological polar surface area (TPSA) is 44.8 Å². The highest BCUT2D eigenvalue weighted by Gasteiger charge is 2.29. The fraction of sp³-hybridized carbons (Fsp3) is 0.889. The second-order valence-electron chi connectivity index (χ2n) is 3.58. The maximum absolute atomic E-state index is 10.5. The fourth-order valence-electron chi connectivity index (χ4n) is 1.26. The van der Waals surface area contributed by atoms with Crippen LogP contribution in [0.25, 0.3) is 0 Å². The molecule has 0 aromatic rings. The molecular formula is C9H16O4. The van der Waals surface area contributed by atoms with E-state index in [0.717, 1.165) is 6.42 Å². The molecule has 0 unspecified atom stereocenters.